The minimum Gasteiger partial charge on any atom is -0.396 e. The molecule has 0 aromatic rings. The summed E-state index contributed by atoms with van der Waals surface area (Å²) >= 11 is 0. The highest BCUT2D eigenvalue weighted by Gasteiger charge is 2.48. The minimum absolute atomic E-state index is 0.161. The van der Waals surface area contributed by atoms with Crippen molar-refractivity contribution >= 4 is 0 Å². The zero-order valence-electron chi connectivity index (χ0n) is 8.96. The van der Waals surface area contributed by atoms with Crippen molar-refractivity contribution < 1.29 is 9.84 Å². The van der Waals surface area contributed by atoms with Crippen LogP contribution in [0.2, 0.25) is 0 Å². The summed E-state index contributed by atoms with van der Waals surface area (Å²) in [6.07, 6.45) is 4.38. The normalized spacial score (nSPS) is 42.6. The first-order chi connectivity index (χ1) is 6.65. The molecule has 1 unspecified atom stereocenters. The maximum Gasteiger partial charge on any atom is 0.0916 e. The number of hydrogen-bond acceptors (Lipinski definition) is 2. The van der Waals surface area contributed by atoms with Crippen LogP contribution in [0.25, 0.3) is 0 Å². The standard InChI is InChI=1S/C12H20O2/c1-9-3-4-11(12(2)8-14-12)7-10(9)5-6-13/h10-11,13H,1,3-8H2,2H3/t10-,11-,12?/m1/s1. The third-order valence-electron chi connectivity index (χ3n) is 3.90. The number of rotatable bonds is 3. The number of aliphatic hydroxyl groups is 1. The van der Waals surface area contributed by atoms with Gasteiger partial charge in [-0.25, -0.2) is 0 Å². The molecule has 1 N–H and O–H groups in total. The second kappa shape index (κ2) is 3.67. The van der Waals surface area contributed by atoms with E-state index in [2.05, 4.69) is 13.5 Å². The van der Waals surface area contributed by atoms with Crippen LogP contribution in [0.15, 0.2) is 12.2 Å². The van der Waals surface area contributed by atoms with Crippen LogP contribution in [-0.2, 0) is 4.74 Å². The SMILES string of the molecule is C=C1CC[C@@H](C2(C)CO2)C[C@H]1CCO. The van der Waals surface area contributed by atoms with E-state index in [4.69, 9.17) is 9.84 Å². The third-order valence-corrected chi connectivity index (χ3v) is 3.90. The van der Waals surface area contributed by atoms with Gasteiger partial charge in [-0.2, -0.15) is 0 Å². The van der Waals surface area contributed by atoms with Crippen LogP contribution in [-0.4, -0.2) is 23.9 Å². The van der Waals surface area contributed by atoms with Crippen molar-refractivity contribution in [3.05, 3.63) is 12.2 Å². The van der Waals surface area contributed by atoms with Crippen molar-refractivity contribution in [1.82, 2.24) is 0 Å². The zero-order chi connectivity index (χ0) is 10.2. The molecule has 0 aromatic carbocycles. The van der Waals surface area contributed by atoms with Gasteiger partial charge in [-0.1, -0.05) is 12.2 Å². The monoisotopic (exact) mass is 196 g/mol. The van der Waals surface area contributed by atoms with Gasteiger partial charge in [-0.15, -0.1) is 0 Å². The van der Waals surface area contributed by atoms with Gasteiger partial charge in [0.2, 0.25) is 0 Å². The number of aliphatic hydroxyl groups excluding tert-OH is 1. The van der Waals surface area contributed by atoms with Gasteiger partial charge in [0.05, 0.1) is 12.2 Å². The smallest absolute Gasteiger partial charge is 0.0916 e. The highest BCUT2D eigenvalue weighted by Crippen LogP contribution is 2.46. The van der Waals surface area contributed by atoms with E-state index in [0.29, 0.717) is 11.8 Å². The first kappa shape index (κ1) is 10.2. The maximum absolute atomic E-state index is 8.97. The summed E-state index contributed by atoms with van der Waals surface area (Å²) in [5, 5.41) is 8.97. The lowest BCUT2D eigenvalue weighted by Gasteiger charge is -2.33. The molecular weight excluding hydrogens is 176 g/mol. The fourth-order valence-electron chi connectivity index (χ4n) is 2.57. The van der Waals surface area contributed by atoms with Crippen LogP contribution in [0, 0.1) is 11.8 Å². The first-order valence-corrected chi connectivity index (χ1v) is 5.58. The Morgan fingerprint density at radius 1 is 1.64 bits per heavy atom. The molecule has 80 valence electrons. The molecule has 0 aromatic heterocycles. The summed E-state index contributed by atoms with van der Waals surface area (Å²) in [5.41, 5.74) is 1.49. The van der Waals surface area contributed by atoms with Crippen LogP contribution in [0.5, 0.6) is 0 Å². The van der Waals surface area contributed by atoms with Crippen molar-refractivity contribution in [3.8, 4) is 0 Å². The Labute approximate surface area is 86.0 Å². The molecule has 14 heavy (non-hydrogen) atoms. The molecule has 0 amide bonds. The molecule has 3 atom stereocenters. The number of ether oxygens (including phenoxy) is 1. The fourth-order valence-corrected chi connectivity index (χ4v) is 2.57. The van der Waals surface area contributed by atoms with Gasteiger partial charge in [-0.05, 0) is 44.4 Å². The van der Waals surface area contributed by atoms with Gasteiger partial charge in [0.25, 0.3) is 0 Å². The highest BCUT2D eigenvalue weighted by atomic mass is 16.6. The Bertz CT molecular complexity index is 230. The molecule has 1 heterocycles. The van der Waals surface area contributed by atoms with Crippen LogP contribution >= 0.6 is 0 Å². The van der Waals surface area contributed by atoms with E-state index in [-0.39, 0.29) is 12.2 Å². The molecule has 2 aliphatic rings. The van der Waals surface area contributed by atoms with Crippen molar-refractivity contribution in [3.63, 3.8) is 0 Å². The lowest BCUT2D eigenvalue weighted by atomic mass is 9.72. The van der Waals surface area contributed by atoms with E-state index in [1.54, 1.807) is 0 Å². The van der Waals surface area contributed by atoms with Gasteiger partial charge in [0.1, 0.15) is 0 Å². The average molecular weight is 196 g/mol. The topological polar surface area (TPSA) is 32.8 Å². The fraction of sp³-hybridized carbons (Fsp3) is 0.833. The summed E-state index contributed by atoms with van der Waals surface area (Å²) < 4.78 is 5.51. The second-order valence-corrected chi connectivity index (χ2v) is 4.94. The molecule has 2 fully saturated rings. The first-order valence-electron chi connectivity index (χ1n) is 5.58. The van der Waals surface area contributed by atoms with Gasteiger partial charge in [0.15, 0.2) is 0 Å². The van der Waals surface area contributed by atoms with Crippen molar-refractivity contribution in [2.45, 2.75) is 38.2 Å². The number of epoxide rings is 1. The molecule has 0 bridgehead atoms. The summed E-state index contributed by atoms with van der Waals surface area (Å²) in [4.78, 5) is 0. The lowest BCUT2D eigenvalue weighted by molar-refractivity contribution is 0.165. The molecule has 0 radical (unpaired) electrons. The molecule has 1 aliphatic carbocycles. The average Bonchev–Trinajstić information content (AvgIpc) is 2.89. The summed E-state index contributed by atoms with van der Waals surface area (Å²) in [6.45, 7) is 7.52. The molecule has 1 aliphatic heterocycles. The Morgan fingerprint density at radius 3 is 2.93 bits per heavy atom. The van der Waals surface area contributed by atoms with E-state index >= 15 is 0 Å². The van der Waals surface area contributed by atoms with Crippen LogP contribution in [0.3, 0.4) is 0 Å². The van der Waals surface area contributed by atoms with Crippen molar-refractivity contribution in [2.75, 3.05) is 13.2 Å². The molecule has 2 nitrogen and oxygen atoms in total. The number of hydrogen-bond donors (Lipinski definition) is 1. The second-order valence-electron chi connectivity index (χ2n) is 4.94. The van der Waals surface area contributed by atoms with Crippen molar-refractivity contribution in [1.29, 1.82) is 0 Å². The van der Waals surface area contributed by atoms with E-state index in [0.717, 1.165) is 25.9 Å². The predicted molar refractivity (Wildman–Crippen MR) is 56.0 cm³/mol. The molecule has 2 rings (SSSR count). The third kappa shape index (κ3) is 1.86. The summed E-state index contributed by atoms with van der Waals surface area (Å²) in [7, 11) is 0. The van der Waals surface area contributed by atoms with Crippen LogP contribution < -0.4 is 0 Å². The minimum atomic E-state index is 0.161. The Morgan fingerprint density at radius 2 is 2.36 bits per heavy atom. The molecular formula is C12H20O2. The number of allylic oxidation sites excluding steroid dienone is 1. The van der Waals surface area contributed by atoms with Gasteiger partial charge >= 0.3 is 0 Å². The summed E-state index contributed by atoms with van der Waals surface area (Å²) in [5.74, 6) is 1.21. The van der Waals surface area contributed by atoms with E-state index in [1.807, 2.05) is 0 Å². The van der Waals surface area contributed by atoms with Gasteiger partial charge in [-0.3, -0.25) is 0 Å². The molecule has 1 saturated carbocycles. The Kier molecular flexibility index (Phi) is 2.67. The quantitative estimate of drug-likeness (QED) is 0.554. The van der Waals surface area contributed by atoms with Gasteiger partial charge in [0, 0.05) is 6.61 Å². The molecule has 1 saturated heterocycles. The van der Waals surface area contributed by atoms with Crippen LogP contribution in [0.1, 0.15) is 32.6 Å². The van der Waals surface area contributed by atoms with E-state index in [9.17, 15) is 0 Å². The highest BCUT2D eigenvalue weighted by molar-refractivity contribution is 5.09. The Balaban J connectivity index is 1.94. The van der Waals surface area contributed by atoms with Crippen LogP contribution in [0.4, 0.5) is 0 Å². The van der Waals surface area contributed by atoms with E-state index in [1.165, 1.54) is 12.0 Å². The largest absolute Gasteiger partial charge is 0.396 e. The maximum atomic E-state index is 8.97. The zero-order valence-corrected chi connectivity index (χ0v) is 8.96. The van der Waals surface area contributed by atoms with E-state index < -0.39 is 0 Å². The predicted octanol–water partition coefficient (Wildman–Crippen LogP) is 2.13. The van der Waals surface area contributed by atoms with Gasteiger partial charge < -0.3 is 9.84 Å². The van der Waals surface area contributed by atoms with Crippen molar-refractivity contribution in [2.24, 2.45) is 11.8 Å². The summed E-state index contributed by atoms with van der Waals surface area (Å²) in [6, 6.07) is 0. The molecule has 2 heteroatoms. The molecule has 0 spiro atoms. The lowest BCUT2D eigenvalue weighted by Crippen LogP contribution is -2.28. The Hall–Kier alpha value is -0.340.